The number of nitrogens with zero attached hydrogens (tertiary/aromatic N) is 2. The normalized spacial score (nSPS) is 19.9. The lowest BCUT2D eigenvalue weighted by Gasteiger charge is -2.17. The molecule has 2 N–H and O–H groups in total. The Morgan fingerprint density at radius 2 is 2.35 bits per heavy atom. The van der Waals surface area contributed by atoms with E-state index in [1.165, 1.54) is 12.8 Å². The van der Waals surface area contributed by atoms with Crippen molar-refractivity contribution >= 4 is 11.2 Å². The van der Waals surface area contributed by atoms with Gasteiger partial charge in [0.2, 0.25) is 0 Å². The number of nitrogens with one attached hydrogen (secondary N) is 2. The van der Waals surface area contributed by atoms with Crippen molar-refractivity contribution in [2.24, 2.45) is 5.92 Å². The Balaban J connectivity index is 1.81. The Hall–Kier alpha value is -1.86. The largest absolute Gasteiger partial charge is 0.343 e. The van der Waals surface area contributed by atoms with Gasteiger partial charge in [0.25, 0.3) is 0 Å². The van der Waals surface area contributed by atoms with Crippen molar-refractivity contribution in [3.8, 4) is 11.8 Å². The molecule has 1 fully saturated rings. The second kappa shape index (κ2) is 4.56. The minimum Gasteiger partial charge on any atom is -0.343 e. The zero-order valence-electron chi connectivity index (χ0n) is 9.53. The average Bonchev–Trinajstić information content (AvgIpc) is 2.85. The van der Waals surface area contributed by atoms with E-state index in [0.29, 0.717) is 5.92 Å². The highest BCUT2D eigenvalue weighted by Gasteiger charge is 2.09. The van der Waals surface area contributed by atoms with Crippen LogP contribution in [0.1, 0.15) is 18.4 Å². The summed E-state index contributed by atoms with van der Waals surface area (Å²) in [6, 6.07) is 2.00. The van der Waals surface area contributed by atoms with Gasteiger partial charge in [-0.3, -0.25) is 0 Å². The number of pyridine rings is 1. The number of piperidine rings is 1. The molecule has 3 heterocycles. The molecule has 86 valence electrons. The Morgan fingerprint density at radius 3 is 3.24 bits per heavy atom. The maximum Gasteiger partial charge on any atom is 0.177 e. The maximum absolute atomic E-state index is 4.24. The summed E-state index contributed by atoms with van der Waals surface area (Å²) in [6.45, 7) is 2.13. The minimum atomic E-state index is 0.473. The first-order chi connectivity index (χ1) is 8.42. The fourth-order valence-electron chi connectivity index (χ4n) is 2.06. The number of imidazole rings is 1. The van der Waals surface area contributed by atoms with Gasteiger partial charge in [0, 0.05) is 24.2 Å². The molecule has 0 aliphatic carbocycles. The van der Waals surface area contributed by atoms with Gasteiger partial charge in [-0.15, -0.1) is 0 Å². The van der Waals surface area contributed by atoms with E-state index in [1.54, 1.807) is 12.5 Å². The third kappa shape index (κ3) is 2.29. The summed E-state index contributed by atoms with van der Waals surface area (Å²) in [4.78, 5) is 11.4. The van der Waals surface area contributed by atoms with E-state index in [9.17, 15) is 0 Å². The molecule has 1 saturated heterocycles. The van der Waals surface area contributed by atoms with E-state index in [2.05, 4.69) is 32.1 Å². The zero-order valence-corrected chi connectivity index (χ0v) is 9.53. The van der Waals surface area contributed by atoms with Crippen LogP contribution in [0.25, 0.3) is 11.2 Å². The summed E-state index contributed by atoms with van der Waals surface area (Å²) in [5, 5.41) is 3.36. The molecule has 0 saturated carbocycles. The predicted molar refractivity (Wildman–Crippen MR) is 66.4 cm³/mol. The standard InChI is InChI=1S/C13H14N4/c1-2-10(7-14-5-1)3-4-11-6-12-13(15-8-11)17-9-16-12/h6,8-10,14H,1-2,5,7H2,(H,15,16,17). The molecule has 0 radical (unpaired) electrons. The molecule has 1 aliphatic rings. The van der Waals surface area contributed by atoms with Gasteiger partial charge in [0.1, 0.15) is 0 Å². The summed E-state index contributed by atoms with van der Waals surface area (Å²) in [7, 11) is 0. The van der Waals surface area contributed by atoms with Crippen LogP contribution in [0.5, 0.6) is 0 Å². The molecule has 1 atom stereocenters. The predicted octanol–water partition coefficient (Wildman–Crippen LogP) is 1.31. The van der Waals surface area contributed by atoms with Crippen molar-refractivity contribution in [1.82, 2.24) is 20.3 Å². The van der Waals surface area contributed by atoms with Crippen LogP contribution < -0.4 is 5.32 Å². The first-order valence-corrected chi connectivity index (χ1v) is 5.93. The second-order valence-electron chi connectivity index (χ2n) is 4.31. The zero-order chi connectivity index (χ0) is 11.5. The van der Waals surface area contributed by atoms with Crippen LogP contribution in [0.4, 0.5) is 0 Å². The number of fused-ring (bicyclic) bond motifs is 1. The Kier molecular flexibility index (Phi) is 2.76. The van der Waals surface area contributed by atoms with Crippen molar-refractivity contribution in [3.05, 3.63) is 24.2 Å². The van der Waals surface area contributed by atoms with E-state index in [-0.39, 0.29) is 0 Å². The molecule has 3 rings (SSSR count). The van der Waals surface area contributed by atoms with Gasteiger partial charge in [0.15, 0.2) is 5.65 Å². The van der Waals surface area contributed by atoms with Crippen LogP contribution in [0.15, 0.2) is 18.6 Å². The van der Waals surface area contributed by atoms with Crippen molar-refractivity contribution in [3.63, 3.8) is 0 Å². The number of H-pyrrole nitrogens is 1. The highest BCUT2D eigenvalue weighted by Crippen LogP contribution is 2.10. The molecular formula is C13H14N4. The first kappa shape index (κ1) is 10.3. The van der Waals surface area contributed by atoms with Crippen molar-refractivity contribution in [1.29, 1.82) is 0 Å². The van der Waals surface area contributed by atoms with Gasteiger partial charge in [-0.05, 0) is 25.5 Å². The fourth-order valence-corrected chi connectivity index (χ4v) is 2.06. The van der Waals surface area contributed by atoms with Crippen LogP contribution in [0, 0.1) is 17.8 Å². The summed E-state index contributed by atoms with van der Waals surface area (Å²) >= 11 is 0. The van der Waals surface area contributed by atoms with E-state index in [4.69, 9.17) is 0 Å². The highest BCUT2D eigenvalue weighted by molar-refractivity contribution is 5.71. The van der Waals surface area contributed by atoms with E-state index in [1.807, 2.05) is 6.07 Å². The van der Waals surface area contributed by atoms with E-state index < -0.39 is 0 Å². The molecule has 4 nitrogen and oxygen atoms in total. The Morgan fingerprint density at radius 1 is 1.35 bits per heavy atom. The fraction of sp³-hybridized carbons (Fsp3) is 0.385. The number of rotatable bonds is 0. The van der Waals surface area contributed by atoms with E-state index >= 15 is 0 Å². The monoisotopic (exact) mass is 226 g/mol. The second-order valence-corrected chi connectivity index (χ2v) is 4.31. The molecule has 17 heavy (non-hydrogen) atoms. The van der Waals surface area contributed by atoms with Crippen LogP contribution in [0.2, 0.25) is 0 Å². The van der Waals surface area contributed by atoms with E-state index in [0.717, 1.165) is 29.8 Å². The quantitative estimate of drug-likeness (QED) is 0.666. The smallest absolute Gasteiger partial charge is 0.177 e. The molecule has 0 bridgehead atoms. The summed E-state index contributed by atoms with van der Waals surface area (Å²) in [5.74, 6) is 6.98. The summed E-state index contributed by atoms with van der Waals surface area (Å²) in [6.07, 6.45) is 5.85. The summed E-state index contributed by atoms with van der Waals surface area (Å²) < 4.78 is 0. The van der Waals surface area contributed by atoms with Gasteiger partial charge < -0.3 is 10.3 Å². The lowest BCUT2D eigenvalue weighted by Crippen LogP contribution is -2.28. The molecule has 1 aliphatic heterocycles. The Bertz CT molecular complexity index is 570. The third-order valence-electron chi connectivity index (χ3n) is 2.99. The van der Waals surface area contributed by atoms with Crippen molar-refractivity contribution < 1.29 is 0 Å². The lowest BCUT2D eigenvalue weighted by molar-refractivity contribution is 0.449. The number of aromatic nitrogens is 3. The average molecular weight is 226 g/mol. The highest BCUT2D eigenvalue weighted by atomic mass is 14.9. The first-order valence-electron chi connectivity index (χ1n) is 5.93. The van der Waals surface area contributed by atoms with Crippen LogP contribution in [-0.4, -0.2) is 28.0 Å². The van der Waals surface area contributed by atoms with Crippen LogP contribution >= 0.6 is 0 Å². The Labute approximate surface area is 99.9 Å². The van der Waals surface area contributed by atoms with Crippen molar-refractivity contribution in [2.45, 2.75) is 12.8 Å². The summed E-state index contributed by atoms with van der Waals surface area (Å²) in [5.41, 5.74) is 2.64. The van der Waals surface area contributed by atoms with Gasteiger partial charge in [-0.2, -0.15) is 0 Å². The van der Waals surface area contributed by atoms with Gasteiger partial charge in [0.05, 0.1) is 11.8 Å². The molecule has 4 heteroatoms. The SMILES string of the molecule is C(#CC1CCCNC1)c1cnc2nc[nH]c2c1. The third-order valence-corrected chi connectivity index (χ3v) is 2.99. The molecule has 0 amide bonds. The van der Waals surface area contributed by atoms with Crippen LogP contribution in [-0.2, 0) is 0 Å². The molecular weight excluding hydrogens is 212 g/mol. The molecule has 2 aromatic heterocycles. The molecule has 1 unspecified atom stereocenters. The maximum atomic E-state index is 4.24. The lowest BCUT2D eigenvalue weighted by atomic mass is 10.00. The molecule has 2 aromatic rings. The van der Waals surface area contributed by atoms with Crippen molar-refractivity contribution in [2.75, 3.05) is 13.1 Å². The number of hydrogen-bond donors (Lipinski definition) is 2. The number of hydrogen-bond acceptors (Lipinski definition) is 3. The minimum absolute atomic E-state index is 0.473. The number of aromatic amines is 1. The van der Waals surface area contributed by atoms with Crippen LogP contribution in [0.3, 0.4) is 0 Å². The van der Waals surface area contributed by atoms with Gasteiger partial charge >= 0.3 is 0 Å². The van der Waals surface area contributed by atoms with Gasteiger partial charge in [-0.25, -0.2) is 9.97 Å². The van der Waals surface area contributed by atoms with Gasteiger partial charge in [-0.1, -0.05) is 11.8 Å². The molecule has 0 aromatic carbocycles. The molecule has 0 spiro atoms. The topological polar surface area (TPSA) is 53.6 Å².